The second-order valence-corrected chi connectivity index (χ2v) is 4.34. The van der Waals surface area contributed by atoms with Gasteiger partial charge in [-0.25, -0.2) is 0 Å². The van der Waals surface area contributed by atoms with Gasteiger partial charge in [0.1, 0.15) is 0 Å². The number of rotatable bonds is 5. The Labute approximate surface area is 93.9 Å². The minimum absolute atomic E-state index is 0.764. The van der Waals surface area contributed by atoms with Crippen molar-refractivity contribution < 1.29 is 4.74 Å². The van der Waals surface area contributed by atoms with Crippen LogP contribution >= 0.6 is 11.3 Å². The van der Waals surface area contributed by atoms with Crippen molar-refractivity contribution in [2.24, 2.45) is 0 Å². The lowest BCUT2D eigenvalue weighted by Gasteiger charge is -2.05. The molecule has 1 aromatic carbocycles. The number of nitrogens with one attached hydrogen (secondary N) is 1. The molecule has 0 atom stereocenters. The summed E-state index contributed by atoms with van der Waals surface area (Å²) in [6.45, 7) is 2.58. The van der Waals surface area contributed by atoms with Gasteiger partial charge in [-0.2, -0.15) is 0 Å². The van der Waals surface area contributed by atoms with E-state index in [1.54, 1.807) is 18.4 Å². The third kappa shape index (κ3) is 2.56. The average Bonchev–Trinajstić information content (AvgIpc) is 2.73. The zero-order valence-electron chi connectivity index (χ0n) is 8.82. The fourth-order valence-electron chi connectivity index (χ4n) is 1.59. The molecule has 80 valence electrons. The van der Waals surface area contributed by atoms with Crippen molar-refractivity contribution in [3.05, 3.63) is 35.2 Å². The molecule has 0 aliphatic carbocycles. The van der Waals surface area contributed by atoms with Gasteiger partial charge < -0.3 is 10.1 Å². The van der Waals surface area contributed by atoms with Crippen molar-refractivity contribution >= 4 is 21.4 Å². The quantitative estimate of drug-likeness (QED) is 0.784. The summed E-state index contributed by atoms with van der Waals surface area (Å²) in [5.74, 6) is 0. The van der Waals surface area contributed by atoms with Gasteiger partial charge in [0.05, 0.1) is 6.61 Å². The van der Waals surface area contributed by atoms with E-state index in [0.29, 0.717) is 0 Å². The molecule has 0 fully saturated rings. The van der Waals surface area contributed by atoms with E-state index < -0.39 is 0 Å². The number of thiophene rings is 1. The summed E-state index contributed by atoms with van der Waals surface area (Å²) in [5, 5.41) is 6.85. The third-order valence-electron chi connectivity index (χ3n) is 2.36. The number of hydrogen-bond donors (Lipinski definition) is 1. The van der Waals surface area contributed by atoms with Crippen LogP contribution in [-0.4, -0.2) is 20.3 Å². The fraction of sp³-hybridized carbons (Fsp3) is 0.333. The van der Waals surface area contributed by atoms with E-state index in [4.69, 9.17) is 4.74 Å². The van der Waals surface area contributed by atoms with Crippen LogP contribution in [0, 0.1) is 0 Å². The van der Waals surface area contributed by atoms with E-state index >= 15 is 0 Å². The molecule has 0 saturated heterocycles. The minimum Gasteiger partial charge on any atom is -0.383 e. The summed E-state index contributed by atoms with van der Waals surface area (Å²) in [7, 11) is 1.72. The first kappa shape index (κ1) is 10.6. The first-order chi connectivity index (χ1) is 7.42. The third-order valence-corrected chi connectivity index (χ3v) is 3.36. The molecular formula is C12H15NOS. The maximum atomic E-state index is 4.99. The van der Waals surface area contributed by atoms with Crippen molar-refractivity contribution in [1.29, 1.82) is 0 Å². The lowest BCUT2D eigenvalue weighted by molar-refractivity contribution is 0.199. The SMILES string of the molecule is COCCNCc1cccc2ccsc12. The maximum absolute atomic E-state index is 4.99. The molecule has 1 N–H and O–H groups in total. The Hall–Kier alpha value is -0.900. The molecule has 0 saturated carbocycles. The topological polar surface area (TPSA) is 21.3 Å². The van der Waals surface area contributed by atoms with Crippen LogP contribution in [0.15, 0.2) is 29.6 Å². The van der Waals surface area contributed by atoms with Crippen molar-refractivity contribution in [3.63, 3.8) is 0 Å². The van der Waals surface area contributed by atoms with Crippen LogP contribution in [0.1, 0.15) is 5.56 Å². The molecule has 15 heavy (non-hydrogen) atoms. The number of methoxy groups -OCH3 is 1. The molecule has 0 spiro atoms. The Morgan fingerprint density at radius 1 is 1.33 bits per heavy atom. The number of hydrogen-bond acceptors (Lipinski definition) is 3. The second-order valence-electron chi connectivity index (χ2n) is 3.43. The zero-order chi connectivity index (χ0) is 10.5. The van der Waals surface area contributed by atoms with E-state index in [-0.39, 0.29) is 0 Å². The standard InChI is InChI=1S/C12H15NOS/c1-14-7-6-13-9-11-4-2-3-10-5-8-15-12(10)11/h2-5,8,13H,6-7,9H2,1H3. The van der Waals surface area contributed by atoms with Gasteiger partial charge in [0.15, 0.2) is 0 Å². The van der Waals surface area contributed by atoms with E-state index in [1.807, 2.05) is 0 Å². The van der Waals surface area contributed by atoms with Crippen molar-refractivity contribution in [3.8, 4) is 0 Å². The molecule has 0 amide bonds. The van der Waals surface area contributed by atoms with E-state index in [1.165, 1.54) is 15.6 Å². The first-order valence-corrected chi connectivity index (χ1v) is 5.94. The molecule has 2 aromatic rings. The van der Waals surface area contributed by atoms with Gasteiger partial charge in [-0.15, -0.1) is 11.3 Å². The van der Waals surface area contributed by atoms with Gasteiger partial charge in [0, 0.05) is 24.9 Å². The molecule has 0 radical (unpaired) electrons. The van der Waals surface area contributed by atoms with Gasteiger partial charge in [0.2, 0.25) is 0 Å². The summed E-state index contributed by atoms with van der Waals surface area (Å²) >= 11 is 1.81. The largest absolute Gasteiger partial charge is 0.383 e. The molecular weight excluding hydrogens is 206 g/mol. The summed E-state index contributed by atoms with van der Waals surface area (Å²) in [6, 6.07) is 8.62. The highest BCUT2D eigenvalue weighted by Crippen LogP contribution is 2.24. The van der Waals surface area contributed by atoms with Gasteiger partial charge in [-0.1, -0.05) is 18.2 Å². The highest BCUT2D eigenvalue weighted by Gasteiger charge is 2.00. The van der Waals surface area contributed by atoms with Crippen molar-refractivity contribution in [2.45, 2.75) is 6.54 Å². The Kier molecular flexibility index (Phi) is 3.72. The Morgan fingerprint density at radius 3 is 3.13 bits per heavy atom. The molecule has 0 aliphatic rings. The lowest BCUT2D eigenvalue weighted by Crippen LogP contribution is -2.18. The Bertz CT molecular complexity index is 424. The van der Waals surface area contributed by atoms with E-state index in [2.05, 4.69) is 35.0 Å². The zero-order valence-corrected chi connectivity index (χ0v) is 9.64. The molecule has 0 bridgehead atoms. The van der Waals surface area contributed by atoms with Crippen LogP contribution in [0.25, 0.3) is 10.1 Å². The van der Waals surface area contributed by atoms with Crippen LogP contribution < -0.4 is 5.32 Å². The van der Waals surface area contributed by atoms with E-state index in [0.717, 1.165) is 19.7 Å². The number of fused-ring (bicyclic) bond motifs is 1. The van der Waals surface area contributed by atoms with Crippen LogP contribution in [0.3, 0.4) is 0 Å². The van der Waals surface area contributed by atoms with Gasteiger partial charge in [-0.3, -0.25) is 0 Å². The van der Waals surface area contributed by atoms with Gasteiger partial charge >= 0.3 is 0 Å². The summed E-state index contributed by atoms with van der Waals surface area (Å²) < 4.78 is 6.38. The lowest BCUT2D eigenvalue weighted by atomic mass is 10.1. The molecule has 1 heterocycles. The Balaban J connectivity index is 2.04. The second kappa shape index (κ2) is 5.26. The average molecular weight is 221 g/mol. The molecule has 1 aromatic heterocycles. The molecule has 2 rings (SSSR count). The van der Waals surface area contributed by atoms with Crippen LogP contribution in [0.4, 0.5) is 0 Å². The summed E-state index contributed by atoms with van der Waals surface area (Å²) in [6.07, 6.45) is 0. The van der Waals surface area contributed by atoms with E-state index in [9.17, 15) is 0 Å². The number of benzene rings is 1. The molecule has 0 unspecified atom stereocenters. The Morgan fingerprint density at radius 2 is 2.27 bits per heavy atom. The van der Waals surface area contributed by atoms with Crippen LogP contribution in [0.2, 0.25) is 0 Å². The van der Waals surface area contributed by atoms with Crippen LogP contribution in [0.5, 0.6) is 0 Å². The smallest absolute Gasteiger partial charge is 0.0587 e. The maximum Gasteiger partial charge on any atom is 0.0587 e. The fourth-order valence-corrected chi connectivity index (χ4v) is 2.51. The molecule has 2 nitrogen and oxygen atoms in total. The van der Waals surface area contributed by atoms with Gasteiger partial charge in [0.25, 0.3) is 0 Å². The summed E-state index contributed by atoms with van der Waals surface area (Å²) in [4.78, 5) is 0. The van der Waals surface area contributed by atoms with Crippen LogP contribution in [-0.2, 0) is 11.3 Å². The highest BCUT2D eigenvalue weighted by atomic mass is 32.1. The predicted molar refractivity (Wildman–Crippen MR) is 65.4 cm³/mol. The minimum atomic E-state index is 0.764. The van der Waals surface area contributed by atoms with Crippen molar-refractivity contribution in [2.75, 3.05) is 20.3 Å². The normalized spacial score (nSPS) is 11.0. The monoisotopic (exact) mass is 221 g/mol. The highest BCUT2D eigenvalue weighted by molar-refractivity contribution is 7.17. The van der Waals surface area contributed by atoms with Crippen molar-refractivity contribution in [1.82, 2.24) is 5.32 Å². The summed E-state index contributed by atoms with van der Waals surface area (Å²) in [5.41, 5.74) is 1.37. The molecule has 3 heteroatoms. The number of ether oxygens (including phenoxy) is 1. The predicted octanol–water partition coefficient (Wildman–Crippen LogP) is 2.64. The molecule has 0 aliphatic heterocycles. The first-order valence-electron chi connectivity index (χ1n) is 5.06. The van der Waals surface area contributed by atoms with Gasteiger partial charge in [-0.05, 0) is 22.4 Å².